The molecule has 0 saturated heterocycles. The molecule has 0 spiro atoms. The molecule has 0 bridgehead atoms. The molecule has 7 rings (SSSR count). The van der Waals surface area contributed by atoms with Gasteiger partial charge in [-0.1, -0.05) is 101 Å². The van der Waals surface area contributed by atoms with Gasteiger partial charge in [-0.05, 0) is 133 Å². The van der Waals surface area contributed by atoms with Crippen LogP contribution in [0, 0.1) is 0 Å². The van der Waals surface area contributed by atoms with E-state index in [2.05, 4.69) is 161 Å². The number of nitrogens with zero attached hydrogens (tertiary/aromatic N) is 2. The lowest BCUT2D eigenvalue weighted by molar-refractivity contribution is -0.438. The van der Waals surface area contributed by atoms with Crippen molar-refractivity contribution in [3.05, 3.63) is 127 Å². The number of fused-ring (bicyclic) bond motifs is 6. The Bertz CT molecular complexity index is 2500. The number of quaternary nitrogens is 1. The van der Waals surface area contributed by atoms with Gasteiger partial charge in [-0.15, -0.1) is 0 Å². The average molecular weight is 937 g/mol. The maximum Gasteiger partial charge on any atom is 0.210 e. The van der Waals surface area contributed by atoms with Gasteiger partial charge in [0.25, 0.3) is 0 Å². The number of hydrogen-bond donors (Lipinski definition) is 1. The zero-order chi connectivity index (χ0) is 40.0. The van der Waals surface area contributed by atoms with Gasteiger partial charge in [-0.2, -0.15) is 4.58 Å². The van der Waals surface area contributed by atoms with Crippen molar-refractivity contribution in [2.75, 3.05) is 23.7 Å². The van der Waals surface area contributed by atoms with Crippen LogP contribution in [0.3, 0.4) is 0 Å². The predicted molar refractivity (Wildman–Crippen MR) is 248 cm³/mol. The zero-order valence-electron chi connectivity index (χ0n) is 34.0. The van der Waals surface area contributed by atoms with E-state index in [1.165, 1.54) is 51.5 Å². The minimum absolute atomic E-state index is 0. The summed E-state index contributed by atoms with van der Waals surface area (Å²) in [7, 11) is -4.26. The molecule has 57 heavy (non-hydrogen) atoms. The molecule has 4 aromatic carbocycles. The standard InChI is InChI=1S/C47H51Br2ClN2O3S.H3N/c1-6-7-8-26-51-39-22-14-33-29-35(48)18-20-37(33)43(39)46(2,3)41(51)24-16-31-12-11-13-32(45(31)50)17-25-42-47(4,5)44-38-21-19-36(49)30-34(38)15-23-40(44)52(42)27-9-10-28-56(53,54)55;/h14-25,29-30H,6-13,26-28H2,1-5H3;1H3/p+1. The maximum absolute atomic E-state index is 11.4. The molecule has 0 unspecified atom stereocenters. The van der Waals surface area contributed by atoms with Crippen LogP contribution in [0.5, 0.6) is 0 Å². The predicted octanol–water partition coefficient (Wildman–Crippen LogP) is 13.6. The normalized spacial score (nSPS) is 19.1. The molecule has 2 heterocycles. The fourth-order valence-electron chi connectivity index (χ4n) is 9.25. The molecule has 0 saturated carbocycles. The number of rotatable bonds is 12. The quantitative estimate of drug-likeness (QED) is 0.0869. The Hall–Kier alpha value is -3.05. The van der Waals surface area contributed by atoms with E-state index in [4.69, 9.17) is 11.6 Å². The first-order chi connectivity index (χ1) is 26.6. The fraction of sp³-hybridized carbons (Fsp3) is 0.383. The molecule has 4 aromatic rings. The van der Waals surface area contributed by atoms with Crippen molar-refractivity contribution in [3.63, 3.8) is 0 Å². The van der Waals surface area contributed by atoms with Crippen molar-refractivity contribution in [3.8, 4) is 0 Å². The summed E-state index contributed by atoms with van der Waals surface area (Å²) in [5.41, 5.74) is 9.25. The Kier molecular flexibility index (Phi) is 13.2. The summed E-state index contributed by atoms with van der Waals surface area (Å²) >= 11 is 14.7. The molecule has 302 valence electrons. The van der Waals surface area contributed by atoms with Gasteiger partial charge >= 0.3 is 0 Å². The zero-order valence-corrected chi connectivity index (χ0v) is 38.8. The maximum atomic E-state index is 11.4. The Morgan fingerprint density at radius 3 is 2.16 bits per heavy atom. The van der Waals surface area contributed by atoms with Gasteiger partial charge in [0, 0.05) is 67.2 Å². The third kappa shape index (κ3) is 8.66. The minimum atomic E-state index is -4.26. The topological polar surface area (TPSA) is 100.0 Å². The van der Waals surface area contributed by atoms with E-state index in [-0.39, 0.29) is 22.7 Å². The molecule has 4 N–H and O–H groups in total. The van der Waals surface area contributed by atoms with Crippen molar-refractivity contribution < 1.29 is 17.5 Å². The lowest BCUT2D eigenvalue weighted by Crippen LogP contribution is -2.28. The molecule has 0 amide bonds. The molecule has 0 atom stereocenters. The SMILES string of the molecule is CCCCC[N+]1=C(/C=C/C2=C(Cl)C(=C/C=C3/N(CCCCS(=O)(=O)[O-])c4ccc5cc(Br)ccc5c4C3(C)C)/CCC2)C(C)(C)c2c1ccc1cc(Br)ccc21.[NH4+]. The fourth-order valence-corrected chi connectivity index (χ4v) is 10.9. The first-order valence-corrected chi connectivity index (χ1v) is 23.5. The lowest BCUT2D eigenvalue weighted by Gasteiger charge is -2.27. The van der Waals surface area contributed by atoms with E-state index in [1.54, 1.807) is 0 Å². The average Bonchev–Trinajstić information content (AvgIpc) is 3.50. The number of benzene rings is 4. The van der Waals surface area contributed by atoms with Crippen LogP contribution in [0.25, 0.3) is 21.5 Å². The first-order valence-electron chi connectivity index (χ1n) is 19.9. The van der Waals surface area contributed by atoms with Gasteiger partial charge in [-0.3, -0.25) is 0 Å². The van der Waals surface area contributed by atoms with E-state index in [9.17, 15) is 13.0 Å². The second kappa shape index (κ2) is 17.3. The van der Waals surface area contributed by atoms with Gasteiger partial charge in [0.1, 0.15) is 6.54 Å². The van der Waals surface area contributed by atoms with Crippen molar-refractivity contribution in [1.29, 1.82) is 0 Å². The number of anilines is 1. The van der Waals surface area contributed by atoms with Crippen LogP contribution in [0.15, 0.2) is 116 Å². The van der Waals surface area contributed by atoms with Crippen molar-refractivity contribution in [2.45, 2.75) is 96.8 Å². The van der Waals surface area contributed by atoms with Crippen LogP contribution >= 0.6 is 43.5 Å². The summed E-state index contributed by atoms with van der Waals surface area (Å²) in [5.74, 6) is -0.351. The van der Waals surface area contributed by atoms with Gasteiger partial charge in [0.05, 0.1) is 15.5 Å². The van der Waals surface area contributed by atoms with E-state index in [1.807, 2.05) is 0 Å². The number of allylic oxidation sites excluding steroid dienone is 8. The van der Waals surface area contributed by atoms with Crippen molar-refractivity contribution >= 4 is 92.2 Å². The highest BCUT2D eigenvalue weighted by Gasteiger charge is 2.45. The van der Waals surface area contributed by atoms with Crippen LogP contribution < -0.4 is 11.1 Å². The molecule has 0 aromatic heterocycles. The highest BCUT2D eigenvalue weighted by molar-refractivity contribution is 9.10. The molecule has 10 heteroatoms. The third-order valence-electron chi connectivity index (χ3n) is 12.0. The molecule has 3 aliphatic rings. The third-order valence-corrected chi connectivity index (χ3v) is 14.2. The van der Waals surface area contributed by atoms with Gasteiger partial charge in [-0.25, -0.2) is 8.42 Å². The number of unbranched alkanes of at least 4 members (excludes halogenated alkanes) is 3. The second-order valence-corrected chi connectivity index (χ2v) is 20.3. The van der Waals surface area contributed by atoms with Crippen molar-refractivity contribution in [1.82, 2.24) is 6.15 Å². The second-order valence-electron chi connectivity index (χ2n) is 16.5. The van der Waals surface area contributed by atoms with Crippen LogP contribution in [0.2, 0.25) is 0 Å². The summed E-state index contributed by atoms with van der Waals surface area (Å²) in [4.78, 5) is 2.32. The number of hydrogen-bond acceptors (Lipinski definition) is 4. The lowest BCUT2D eigenvalue weighted by atomic mass is 9.78. The van der Waals surface area contributed by atoms with Crippen LogP contribution in [-0.4, -0.2) is 42.1 Å². The monoisotopic (exact) mass is 934 g/mol. The van der Waals surface area contributed by atoms with E-state index in [0.29, 0.717) is 19.4 Å². The van der Waals surface area contributed by atoms with Crippen LogP contribution in [0.1, 0.15) is 97.1 Å². The summed E-state index contributed by atoms with van der Waals surface area (Å²) < 4.78 is 38.9. The molecular formula is C47H55Br2ClN3O3S+. The Morgan fingerprint density at radius 2 is 1.49 bits per heavy atom. The minimum Gasteiger partial charge on any atom is -0.748 e. The Balaban J connectivity index is 0.00000549. The van der Waals surface area contributed by atoms with Gasteiger partial charge in [0.2, 0.25) is 5.69 Å². The summed E-state index contributed by atoms with van der Waals surface area (Å²) in [5, 5.41) is 5.73. The molecule has 1 aliphatic carbocycles. The van der Waals surface area contributed by atoms with Crippen molar-refractivity contribution in [2.24, 2.45) is 0 Å². The van der Waals surface area contributed by atoms with Gasteiger partial charge < -0.3 is 15.6 Å². The molecular weight excluding hydrogens is 882 g/mol. The van der Waals surface area contributed by atoms with Gasteiger partial charge in [0.15, 0.2) is 5.71 Å². The first kappa shape index (κ1) is 43.5. The summed E-state index contributed by atoms with van der Waals surface area (Å²) in [6, 6.07) is 21.9. The summed E-state index contributed by atoms with van der Waals surface area (Å²) in [6.07, 6.45) is 16.3. The molecule has 2 aliphatic heterocycles. The number of halogens is 3. The highest BCUT2D eigenvalue weighted by atomic mass is 79.9. The largest absolute Gasteiger partial charge is 0.748 e. The molecule has 0 fully saturated rings. The van der Waals surface area contributed by atoms with E-state index in [0.717, 1.165) is 74.1 Å². The van der Waals surface area contributed by atoms with E-state index >= 15 is 0 Å². The van der Waals surface area contributed by atoms with E-state index < -0.39 is 10.1 Å². The Morgan fingerprint density at radius 1 is 0.825 bits per heavy atom. The van der Waals surface area contributed by atoms with Crippen LogP contribution in [0.4, 0.5) is 11.4 Å². The molecule has 6 nitrogen and oxygen atoms in total. The highest BCUT2D eigenvalue weighted by Crippen LogP contribution is 2.51. The Labute approximate surface area is 361 Å². The van der Waals surface area contributed by atoms with Crippen LogP contribution in [-0.2, 0) is 20.9 Å². The summed E-state index contributed by atoms with van der Waals surface area (Å²) in [6.45, 7) is 13.1. The smallest absolute Gasteiger partial charge is 0.210 e. The molecule has 0 radical (unpaired) electrons.